The summed E-state index contributed by atoms with van der Waals surface area (Å²) in [6.07, 6.45) is 1.55. The van der Waals surface area contributed by atoms with E-state index in [0.29, 0.717) is 11.5 Å². The second kappa shape index (κ2) is 4.96. The Morgan fingerprint density at radius 1 is 1.47 bits per heavy atom. The van der Waals surface area contributed by atoms with Gasteiger partial charge in [-0.05, 0) is 13.0 Å². The van der Waals surface area contributed by atoms with Crippen LogP contribution in [0.25, 0.3) is 0 Å². The van der Waals surface area contributed by atoms with E-state index in [4.69, 9.17) is 0 Å². The molecule has 0 aromatic carbocycles. The number of rotatable bonds is 3. The van der Waals surface area contributed by atoms with Crippen LogP contribution in [-0.2, 0) is 14.6 Å². The summed E-state index contributed by atoms with van der Waals surface area (Å²) >= 11 is 0. The third kappa shape index (κ3) is 3.28. The monoisotopic (exact) mass is 283 g/mol. The van der Waals surface area contributed by atoms with Crippen molar-refractivity contribution in [1.82, 2.24) is 9.97 Å². The third-order valence-corrected chi connectivity index (χ3v) is 3.88. The molecule has 102 valence electrons. The first-order chi connectivity index (χ1) is 8.89. The van der Waals surface area contributed by atoms with E-state index in [2.05, 4.69) is 20.0 Å². The molecule has 0 spiro atoms. The lowest BCUT2D eigenvalue weighted by atomic mass is 10.3. The molecule has 0 saturated heterocycles. The summed E-state index contributed by atoms with van der Waals surface area (Å²) < 4.78 is 27.1. The van der Waals surface area contributed by atoms with Gasteiger partial charge < -0.3 is 10.1 Å². The fraction of sp³-hybridized carbons (Fsp3) is 0.364. The number of anilines is 1. The standard InChI is InChI=1S/C11H13N3O4S/c1-7-5-9(14-10(12-7)11(15)18-2)13-8-3-4-19(16,17)6-8/h3-5,8H,6H2,1-2H3,(H,12,13,14). The van der Waals surface area contributed by atoms with Crippen molar-refractivity contribution in [2.45, 2.75) is 13.0 Å². The van der Waals surface area contributed by atoms with Crippen molar-refractivity contribution in [2.75, 3.05) is 18.2 Å². The van der Waals surface area contributed by atoms with Gasteiger partial charge in [0.15, 0.2) is 9.84 Å². The average molecular weight is 283 g/mol. The zero-order valence-corrected chi connectivity index (χ0v) is 11.3. The van der Waals surface area contributed by atoms with Gasteiger partial charge in [0.25, 0.3) is 0 Å². The van der Waals surface area contributed by atoms with Crippen LogP contribution < -0.4 is 5.32 Å². The number of carbonyl (C=O) groups is 1. The first-order valence-corrected chi connectivity index (χ1v) is 7.22. The lowest BCUT2D eigenvalue weighted by Crippen LogP contribution is -2.22. The summed E-state index contributed by atoms with van der Waals surface area (Å²) in [5.41, 5.74) is 0.586. The number of sulfone groups is 1. The summed E-state index contributed by atoms with van der Waals surface area (Å²) in [6, 6.07) is 1.27. The van der Waals surface area contributed by atoms with E-state index in [1.807, 2.05) is 0 Å². The molecule has 0 saturated carbocycles. The fourth-order valence-electron chi connectivity index (χ4n) is 1.68. The normalized spacial score (nSPS) is 20.2. The third-order valence-electron chi connectivity index (χ3n) is 2.49. The largest absolute Gasteiger partial charge is 0.463 e. The Labute approximate surface area is 110 Å². The summed E-state index contributed by atoms with van der Waals surface area (Å²) in [4.78, 5) is 19.3. The van der Waals surface area contributed by atoms with Crippen molar-refractivity contribution in [3.63, 3.8) is 0 Å². The molecule has 1 N–H and O–H groups in total. The number of nitrogens with one attached hydrogen (secondary N) is 1. The zero-order valence-electron chi connectivity index (χ0n) is 10.5. The number of ether oxygens (including phenoxy) is 1. The zero-order chi connectivity index (χ0) is 14.0. The number of aromatic nitrogens is 2. The Bertz CT molecular complexity index is 639. The van der Waals surface area contributed by atoms with E-state index in [1.165, 1.54) is 12.5 Å². The number of nitrogens with zero attached hydrogens (tertiary/aromatic N) is 2. The van der Waals surface area contributed by atoms with Gasteiger partial charge in [0.1, 0.15) is 5.82 Å². The van der Waals surface area contributed by atoms with E-state index in [-0.39, 0.29) is 17.6 Å². The van der Waals surface area contributed by atoms with Crippen LogP contribution >= 0.6 is 0 Å². The molecule has 0 fully saturated rings. The van der Waals surface area contributed by atoms with Crippen LogP contribution in [0.2, 0.25) is 0 Å². The Morgan fingerprint density at radius 2 is 2.21 bits per heavy atom. The van der Waals surface area contributed by atoms with Gasteiger partial charge in [-0.3, -0.25) is 0 Å². The van der Waals surface area contributed by atoms with Crippen LogP contribution in [0.3, 0.4) is 0 Å². The maximum absolute atomic E-state index is 11.4. The molecule has 0 aliphatic carbocycles. The van der Waals surface area contributed by atoms with E-state index in [9.17, 15) is 13.2 Å². The number of aryl methyl sites for hydroxylation is 1. The molecule has 1 unspecified atom stereocenters. The van der Waals surface area contributed by atoms with Crippen LogP contribution in [0.15, 0.2) is 17.6 Å². The first kappa shape index (κ1) is 13.5. The highest BCUT2D eigenvalue weighted by Crippen LogP contribution is 2.14. The summed E-state index contributed by atoms with van der Waals surface area (Å²) in [7, 11) is -1.89. The minimum Gasteiger partial charge on any atom is -0.463 e. The Hall–Kier alpha value is -1.96. The molecule has 7 nitrogen and oxygen atoms in total. The van der Waals surface area contributed by atoms with Gasteiger partial charge in [0.05, 0.1) is 18.9 Å². The molecule has 0 amide bonds. The maximum atomic E-state index is 11.4. The second-order valence-corrected chi connectivity index (χ2v) is 6.05. The minimum atomic E-state index is -3.13. The lowest BCUT2D eigenvalue weighted by molar-refractivity contribution is 0.0586. The van der Waals surface area contributed by atoms with Gasteiger partial charge in [0.2, 0.25) is 5.82 Å². The highest BCUT2D eigenvalue weighted by molar-refractivity contribution is 7.94. The van der Waals surface area contributed by atoms with Gasteiger partial charge >= 0.3 is 5.97 Å². The van der Waals surface area contributed by atoms with Crippen molar-refractivity contribution < 1.29 is 17.9 Å². The second-order valence-electron chi connectivity index (χ2n) is 4.12. The topological polar surface area (TPSA) is 98.2 Å². The first-order valence-electron chi connectivity index (χ1n) is 5.51. The fourth-order valence-corrected chi connectivity index (χ4v) is 2.92. The minimum absolute atomic E-state index is 0.0242. The van der Waals surface area contributed by atoms with Crippen LogP contribution in [0.1, 0.15) is 16.3 Å². The van der Waals surface area contributed by atoms with Gasteiger partial charge in [0, 0.05) is 17.2 Å². The highest BCUT2D eigenvalue weighted by Gasteiger charge is 2.22. The van der Waals surface area contributed by atoms with E-state index in [1.54, 1.807) is 19.1 Å². The quantitative estimate of drug-likeness (QED) is 0.796. The molecule has 2 rings (SSSR count). The van der Waals surface area contributed by atoms with Crippen molar-refractivity contribution in [2.24, 2.45) is 0 Å². The Morgan fingerprint density at radius 3 is 2.79 bits per heavy atom. The Kier molecular flexibility index (Phi) is 3.52. The predicted octanol–water partition coefficient (Wildman–Crippen LogP) is 0.294. The smallest absolute Gasteiger partial charge is 0.376 e. The molecular formula is C11H13N3O4S. The molecule has 0 radical (unpaired) electrons. The molecule has 1 atom stereocenters. The molecule has 1 aromatic heterocycles. The van der Waals surface area contributed by atoms with Gasteiger partial charge in [-0.2, -0.15) is 0 Å². The lowest BCUT2D eigenvalue weighted by Gasteiger charge is -2.11. The van der Waals surface area contributed by atoms with Crippen LogP contribution in [0.4, 0.5) is 5.82 Å². The number of esters is 1. The van der Waals surface area contributed by atoms with Crippen molar-refractivity contribution in [3.8, 4) is 0 Å². The predicted molar refractivity (Wildman–Crippen MR) is 68.4 cm³/mol. The summed E-state index contributed by atoms with van der Waals surface area (Å²) in [5.74, 6) is -0.334. The van der Waals surface area contributed by atoms with Crippen molar-refractivity contribution >= 4 is 21.6 Å². The molecule has 1 aliphatic rings. The summed E-state index contributed by atoms with van der Waals surface area (Å²) in [6.45, 7) is 1.71. The SMILES string of the molecule is COC(=O)c1nc(C)cc(NC2C=CS(=O)(=O)C2)n1. The van der Waals surface area contributed by atoms with E-state index >= 15 is 0 Å². The summed E-state index contributed by atoms with van der Waals surface area (Å²) in [5, 5.41) is 4.10. The maximum Gasteiger partial charge on any atom is 0.376 e. The number of hydrogen-bond donors (Lipinski definition) is 1. The van der Waals surface area contributed by atoms with Gasteiger partial charge in [-0.25, -0.2) is 23.2 Å². The molecule has 0 bridgehead atoms. The van der Waals surface area contributed by atoms with Crippen molar-refractivity contribution in [1.29, 1.82) is 0 Å². The van der Waals surface area contributed by atoms with Crippen LogP contribution in [0, 0.1) is 6.92 Å². The Balaban J connectivity index is 2.20. The van der Waals surface area contributed by atoms with Crippen LogP contribution in [-0.4, -0.2) is 43.3 Å². The molecule has 19 heavy (non-hydrogen) atoms. The van der Waals surface area contributed by atoms with Crippen molar-refractivity contribution in [3.05, 3.63) is 29.1 Å². The molecule has 1 aromatic rings. The average Bonchev–Trinajstić information content (AvgIpc) is 2.66. The molecular weight excluding hydrogens is 270 g/mol. The van der Waals surface area contributed by atoms with Crippen LogP contribution in [0.5, 0.6) is 0 Å². The van der Waals surface area contributed by atoms with Gasteiger partial charge in [-0.15, -0.1) is 0 Å². The van der Waals surface area contributed by atoms with E-state index in [0.717, 1.165) is 0 Å². The van der Waals surface area contributed by atoms with E-state index < -0.39 is 15.8 Å². The molecule has 1 aliphatic heterocycles. The number of methoxy groups -OCH3 is 1. The van der Waals surface area contributed by atoms with Gasteiger partial charge in [-0.1, -0.05) is 0 Å². The number of hydrogen-bond acceptors (Lipinski definition) is 7. The highest BCUT2D eigenvalue weighted by atomic mass is 32.2. The molecule has 8 heteroatoms. The number of carbonyl (C=O) groups excluding carboxylic acids is 1. The molecule has 2 heterocycles.